The van der Waals surface area contributed by atoms with Crippen LogP contribution in [-0.2, 0) is 4.79 Å². The molecule has 0 aliphatic rings. The summed E-state index contributed by atoms with van der Waals surface area (Å²) >= 11 is 3.93. The molecule has 0 aliphatic heterocycles. The molecular formula is C7H15NO2S. The number of nitrogens with one attached hydrogen (secondary N) is 1. The van der Waals surface area contributed by atoms with Gasteiger partial charge in [0.2, 0.25) is 0 Å². The molecule has 11 heavy (non-hydrogen) atoms. The van der Waals surface area contributed by atoms with E-state index in [1.165, 1.54) is 0 Å². The Labute approximate surface area is 72.6 Å². The average molecular weight is 177 g/mol. The zero-order valence-electron chi connectivity index (χ0n) is 6.87. The molecule has 0 amide bonds. The lowest BCUT2D eigenvalue weighted by Gasteiger charge is -2.16. The van der Waals surface area contributed by atoms with E-state index in [1.54, 1.807) is 0 Å². The molecule has 0 radical (unpaired) electrons. The number of hydrogen-bond acceptors (Lipinski definition) is 3. The van der Waals surface area contributed by atoms with Crippen LogP contribution < -0.4 is 5.32 Å². The summed E-state index contributed by atoms with van der Waals surface area (Å²) in [5.41, 5.74) is 0. The molecule has 0 saturated carbocycles. The second-order valence-corrected chi connectivity index (χ2v) is 2.91. The fourth-order valence-electron chi connectivity index (χ4n) is 0.663. The summed E-state index contributed by atoms with van der Waals surface area (Å²) in [5.74, 6) is -0.500. The van der Waals surface area contributed by atoms with Gasteiger partial charge in [0, 0.05) is 11.8 Å². The van der Waals surface area contributed by atoms with Gasteiger partial charge in [0.1, 0.15) is 6.04 Å². The highest BCUT2D eigenvalue weighted by molar-refractivity contribution is 7.80. The van der Waals surface area contributed by atoms with E-state index >= 15 is 0 Å². The highest BCUT2D eigenvalue weighted by atomic mass is 32.1. The third-order valence-electron chi connectivity index (χ3n) is 1.58. The van der Waals surface area contributed by atoms with Crippen molar-refractivity contribution in [1.29, 1.82) is 0 Å². The zero-order chi connectivity index (χ0) is 8.85. The first-order valence-electron chi connectivity index (χ1n) is 3.71. The number of hydrogen-bond donors (Lipinski definition) is 3. The Morgan fingerprint density at radius 3 is 2.55 bits per heavy atom. The van der Waals surface area contributed by atoms with Crippen LogP contribution >= 0.6 is 12.6 Å². The lowest BCUT2D eigenvalue weighted by Crippen LogP contribution is -2.43. The van der Waals surface area contributed by atoms with Crippen molar-refractivity contribution in [3.63, 3.8) is 0 Å². The molecule has 4 heteroatoms. The molecule has 0 fully saturated rings. The molecule has 0 aromatic rings. The monoisotopic (exact) mass is 177 g/mol. The van der Waals surface area contributed by atoms with Crippen LogP contribution in [0, 0.1) is 0 Å². The van der Waals surface area contributed by atoms with Crippen LogP contribution in [0.2, 0.25) is 0 Å². The third kappa shape index (κ3) is 4.27. The van der Waals surface area contributed by atoms with Gasteiger partial charge in [-0.25, -0.2) is 0 Å². The van der Waals surface area contributed by atoms with Crippen molar-refractivity contribution in [2.45, 2.75) is 32.4 Å². The van der Waals surface area contributed by atoms with E-state index in [0.29, 0.717) is 5.75 Å². The Hall–Kier alpha value is -0.220. The molecule has 2 atom stereocenters. The van der Waals surface area contributed by atoms with Gasteiger partial charge in [-0.1, -0.05) is 6.92 Å². The van der Waals surface area contributed by atoms with Gasteiger partial charge in [0.15, 0.2) is 0 Å². The van der Waals surface area contributed by atoms with Crippen LogP contribution in [0.25, 0.3) is 0 Å². The molecule has 2 N–H and O–H groups in total. The maximum absolute atomic E-state index is 10.5. The normalized spacial score (nSPS) is 15.9. The topological polar surface area (TPSA) is 49.3 Å². The van der Waals surface area contributed by atoms with E-state index in [9.17, 15) is 4.79 Å². The summed E-state index contributed by atoms with van der Waals surface area (Å²) in [6, 6.07) is -0.281. The number of aliphatic carboxylic acids is 1. The van der Waals surface area contributed by atoms with Gasteiger partial charge >= 0.3 is 5.97 Å². The molecular weight excluding hydrogens is 162 g/mol. The summed E-state index contributed by atoms with van der Waals surface area (Å²) in [6.45, 7) is 3.97. The SMILES string of the molecule is CCC(C)NC(CS)C(=O)O. The van der Waals surface area contributed by atoms with E-state index in [-0.39, 0.29) is 6.04 Å². The van der Waals surface area contributed by atoms with Crippen LogP contribution in [0.15, 0.2) is 0 Å². The Balaban J connectivity index is 3.77. The lowest BCUT2D eigenvalue weighted by molar-refractivity contribution is -0.139. The zero-order valence-corrected chi connectivity index (χ0v) is 7.77. The molecule has 0 heterocycles. The molecule has 0 aromatic heterocycles. The van der Waals surface area contributed by atoms with Crippen LogP contribution in [0.5, 0.6) is 0 Å². The van der Waals surface area contributed by atoms with Crippen LogP contribution in [0.4, 0.5) is 0 Å². The second kappa shape index (κ2) is 5.43. The van der Waals surface area contributed by atoms with E-state index in [1.807, 2.05) is 13.8 Å². The minimum absolute atomic E-state index is 0.239. The molecule has 3 nitrogen and oxygen atoms in total. The predicted octanol–water partition coefficient (Wildman–Crippen LogP) is 0.758. The van der Waals surface area contributed by atoms with Gasteiger partial charge in [-0.15, -0.1) is 0 Å². The van der Waals surface area contributed by atoms with Crippen molar-refractivity contribution in [1.82, 2.24) is 5.32 Å². The number of carboxylic acid groups (broad SMARTS) is 1. The van der Waals surface area contributed by atoms with Gasteiger partial charge < -0.3 is 10.4 Å². The van der Waals surface area contributed by atoms with E-state index < -0.39 is 12.0 Å². The highest BCUT2D eigenvalue weighted by Gasteiger charge is 2.16. The van der Waals surface area contributed by atoms with Gasteiger partial charge in [-0.05, 0) is 13.3 Å². The van der Waals surface area contributed by atoms with E-state index in [4.69, 9.17) is 5.11 Å². The number of thiol groups is 1. The average Bonchev–Trinajstić information content (AvgIpc) is 1.99. The lowest BCUT2D eigenvalue weighted by atomic mass is 10.2. The number of rotatable bonds is 5. The minimum atomic E-state index is -0.833. The summed E-state index contributed by atoms with van der Waals surface area (Å²) in [6.07, 6.45) is 0.928. The van der Waals surface area contributed by atoms with Gasteiger partial charge in [0.05, 0.1) is 0 Å². The molecule has 66 valence electrons. The first-order valence-corrected chi connectivity index (χ1v) is 4.34. The third-order valence-corrected chi connectivity index (χ3v) is 1.94. The number of carbonyl (C=O) groups is 1. The minimum Gasteiger partial charge on any atom is -0.480 e. The maximum atomic E-state index is 10.5. The van der Waals surface area contributed by atoms with E-state index in [2.05, 4.69) is 17.9 Å². The summed E-state index contributed by atoms with van der Waals surface area (Å²) in [7, 11) is 0. The molecule has 0 spiro atoms. The van der Waals surface area contributed by atoms with Gasteiger partial charge in [-0.2, -0.15) is 12.6 Å². The fraction of sp³-hybridized carbons (Fsp3) is 0.857. The highest BCUT2D eigenvalue weighted by Crippen LogP contribution is 1.94. The van der Waals surface area contributed by atoms with Crippen LogP contribution in [0.3, 0.4) is 0 Å². The van der Waals surface area contributed by atoms with Crippen molar-refractivity contribution in [3.8, 4) is 0 Å². The van der Waals surface area contributed by atoms with Gasteiger partial charge in [-0.3, -0.25) is 4.79 Å². The quantitative estimate of drug-likeness (QED) is 0.543. The van der Waals surface area contributed by atoms with E-state index in [0.717, 1.165) is 6.42 Å². The Morgan fingerprint density at radius 1 is 1.73 bits per heavy atom. The summed E-state index contributed by atoms with van der Waals surface area (Å²) in [5, 5.41) is 11.5. The molecule has 0 aromatic carbocycles. The molecule has 0 rings (SSSR count). The first-order chi connectivity index (χ1) is 5.11. The standard InChI is InChI=1S/C7H15NO2S/c1-3-5(2)8-6(4-11)7(9)10/h5-6,8,11H,3-4H2,1-2H3,(H,9,10). The fourth-order valence-corrected chi connectivity index (χ4v) is 0.925. The predicted molar refractivity (Wildman–Crippen MR) is 48.2 cm³/mol. The summed E-state index contributed by atoms with van der Waals surface area (Å²) < 4.78 is 0. The summed E-state index contributed by atoms with van der Waals surface area (Å²) in [4.78, 5) is 10.5. The van der Waals surface area contributed by atoms with Gasteiger partial charge in [0.25, 0.3) is 0 Å². The van der Waals surface area contributed by atoms with Crippen molar-refractivity contribution in [3.05, 3.63) is 0 Å². The smallest absolute Gasteiger partial charge is 0.321 e. The Kier molecular flexibility index (Phi) is 5.32. The molecule has 0 aliphatic carbocycles. The maximum Gasteiger partial charge on any atom is 0.321 e. The number of carboxylic acids is 1. The largest absolute Gasteiger partial charge is 0.480 e. The Bertz CT molecular complexity index is 130. The molecule has 0 saturated heterocycles. The first kappa shape index (κ1) is 10.8. The molecule has 0 bridgehead atoms. The van der Waals surface area contributed by atoms with Crippen LogP contribution in [-0.4, -0.2) is 28.9 Å². The molecule has 2 unspecified atom stereocenters. The van der Waals surface area contributed by atoms with Crippen molar-refractivity contribution in [2.24, 2.45) is 0 Å². The van der Waals surface area contributed by atoms with Crippen molar-refractivity contribution in [2.75, 3.05) is 5.75 Å². The second-order valence-electron chi connectivity index (χ2n) is 2.55. The van der Waals surface area contributed by atoms with Crippen molar-refractivity contribution < 1.29 is 9.90 Å². The van der Waals surface area contributed by atoms with Crippen LogP contribution in [0.1, 0.15) is 20.3 Å². The van der Waals surface area contributed by atoms with Crippen molar-refractivity contribution >= 4 is 18.6 Å². The Morgan fingerprint density at radius 2 is 2.27 bits per heavy atom.